The third-order valence-corrected chi connectivity index (χ3v) is 7.49. The number of pyridine rings is 1. The predicted molar refractivity (Wildman–Crippen MR) is 158 cm³/mol. The van der Waals surface area contributed by atoms with Crippen molar-refractivity contribution in [3.05, 3.63) is 102 Å². The lowest BCUT2D eigenvalue weighted by Crippen LogP contribution is -2.39. The van der Waals surface area contributed by atoms with Gasteiger partial charge in [0.1, 0.15) is 35.8 Å². The van der Waals surface area contributed by atoms with Crippen LogP contribution in [-0.4, -0.2) is 54.6 Å². The lowest BCUT2D eigenvalue weighted by molar-refractivity contribution is -0.137. The van der Waals surface area contributed by atoms with Crippen LogP contribution >= 0.6 is 0 Å². The predicted octanol–water partition coefficient (Wildman–Crippen LogP) is 5.56. The number of nitrogens with zero attached hydrogens (tertiary/aromatic N) is 6. The second-order valence-corrected chi connectivity index (χ2v) is 10.5. The zero-order valence-corrected chi connectivity index (χ0v) is 23.7. The van der Waals surface area contributed by atoms with Crippen molar-refractivity contribution in [1.82, 2.24) is 29.5 Å². The summed E-state index contributed by atoms with van der Waals surface area (Å²) in [5.41, 5.74) is 8.01. The molecule has 1 unspecified atom stereocenters. The molecule has 2 amide bonds. The Morgan fingerprint density at radius 3 is 2.58 bits per heavy atom. The first kappa shape index (κ1) is 29.5. The molecular weight excluding hydrogens is 589 g/mol. The fourth-order valence-electron chi connectivity index (χ4n) is 5.25. The first-order chi connectivity index (χ1) is 21.7. The smallest absolute Gasteiger partial charge is 0.416 e. The number of aromatic nitrogens is 5. The monoisotopic (exact) mass is 616 g/mol. The molecule has 4 heterocycles. The van der Waals surface area contributed by atoms with Crippen LogP contribution in [0.15, 0.2) is 79.3 Å². The maximum absolute atomic E-state index is 13.0. The maximum atomic E-state index is 13.0. The number of carbonyl (C=O) groups is 2. The highest BCUT2D eigenvalue weighted by Gasteiger charge is 2.32. The molecule has 14 heteroatoms. The van der Waals surface area contributed by atoms with Gasteiger partial charge in [0.2, 0.25) is 0 Å². The molecule has 1 fully saturated rings. The Morgan fingerprint density at radius 1 is 1.04 bits per heavy atom. The lowest BCUT2D eigenvalue weighted by atomic mass is 9.97. The highest BCUT2D eigenvalue weighted by atomic mass is 19.4. The first-order valence-electron chi connectivity index (χ1n) is 14.1. The summed E-state index contributed by atoms with van der Waals surface area (Å²) < 4.78 is 46.3. The summed E-state index contributed by atoms with van der Waals surface area (Å²) in [6.07, 6.45) is -1.17. The fourth-order valence-corrected chi connectivity index (χ4v) is 5.25. The van der Waals surface area contributed by atoms with Crippen molar-refractivity contribution < 1.29 is 27.5 Å². The maximum Gasteiger partial charge on any atom is 0.416 e. The van der Waals surface area contributed by atoms with E-state index in [9.17, 15) is 22.8 Å². The van der Waals surface area contributed by atoms with Crippen LogP contribution in [0.2, 0.25) is 0 Å². The number of amides is 2. The summed E-state index contributed by atoms with van der Waals surface area (Å²) in [7, 11) is 0. The average molecular weight is 617 g/mol. The quantitative estimate of drug-likeness (QED) is 0.253. The summed E-state index contributed by atoms with van der Waals surface area (Å²) in [4.78, 5) is 40.2. The molecule has 0 bridgehead atoms. The van der Waals surface area contributed by atoms with Gasteiger partial charge in [-0.15, -0.1) is 0 Å². The molecule has 1 aliphatic rings. The minimum absolute atomic E-state index is 0.163. The van der Waals surface area contributed by atoms with Gasteiger partial charge in [0.05, 0.1) is 5.56 Å². The number of alkyl halides is 3. The van der Waals surface area contributed by atoms with E-state index < -0.39 is 23.7 Å². The summed E-state index contributed by atoms with van der Waals surface area (Å²) >= 11 is 0. The van der Waals surface area contributed by atoms with Crippen molar-refractivity contribution in [3.63, 3.8) is 0 Å². The molecule has 0 radical (unpaired) electrons. The molecule has 11 nitrogen and oxygen atoms in total. The number of ether oxygens (including phenoxy) is 1. The van der Waals surface area contributed by atoms with E-state index in [1.54, 1.807) is 21.5 Å². The van der Waals surface area contributed by atoms with Gasteiger partial charge in [-0.2, -0.15) is 18.3 Å². The normalized spacial score (nSPS) is 15.2. The second-order valence-electron chi connectivity index (χ2n) is 10.5. The van der Waals surface area contributed by atoms with Gasteiger partial charge in [-0.1, -0.05) is 42.5 Å². The molecule has 0 aliphatic carbocycles. The topological polar surface area (TPSA) is 141 Å². The number of rotatable bonds is 6. The van der Waals surface area contributed by atoms with Crippen molar-refractivity contribution in [2.24, 2.45) is 0 Å². The van der Waals surface area contributed by atoms with Gasteiger partial charge in [0.15, 0.2) is 5.82 Å². The van der Waals surface area contributed by atoms with Crippen LogP contribution in [0.3, 0.4) is 0 Å². The number of hydrogen-bond acceptors (Lipinski definition) is 8. The van der Waals surface area contributed by atoms with Crippen molar-refractivity contribution in [2.45, 2.75) is 31.5 Å². The van der Waals surface area contributed by atoms with E-state index in [1.807, 2.05) is 30.3 Å². The Bertz CT molecular complexity index is 1850. The SMILES string of the molecule is Nc1ncnn2c(C3CCCN(C(=O)OCc4ccccc4)C3)nc(-c3ccc(C(=O)Nc4cc(C(F)(F)F)ccn4)cc3)c12. The Kier molecular flexibility index (Phi) is 8.02. The molecule has 5 aromatic rings. The van der Waals surface area contributed by atoms with E-state index in [0.29, 0.717) is 35.7 Å². The fraction of sp³-hybridized carbons (Fsp3) is 0.226. The second kappa shape index (κ2) is 12.2. The number of hydrogen-bond donors (Lipinski definition) is 2. The highest BCUT2D eigenvalue weighted by molar-refractivity contribution is 6.04. The molecule has 1 atom stereocenters. The number of nitrogen functional groups attached to an aromatic ring is 1. The summed E-state index contributed by atoms with van der Waals surface area (Å²) in [5, 5.41) is 6.80. The van der Waals surface area contributed by atoms with Crippen LogP contribution < -0.4 is 11.1 Å². The van der Waals surface area contributed by atoms with E-state index in [2.05, 4.69) is 20.4 Å². The summed E-state index contributed by atoms with van der Waals surface area (Å²) in [5.74, 6) is -0.214. The number of halogens is 3. The Labute approximate surface area is 254 Å². The van der Waals surface area contributed by atoms with Crippen molar-refractivity contribution in [1.29, 1.82) is 0 Å². The number of likely N-dealkylation sites (tertiary alicyclic amines) is 1. The number of piperidine rings is 1. The van der Waals surface area contributed by atoms with Crippen LogP contribution in [0, 0.1) is 0 Å². The molecule has 45 heavy (non-hydrogen) atoms. The Hall–Kier alpha value is -5.53. The molecule has 1 saturated heterocycles. The number of imidazole rings is 1. The molecule has 1 aliphatic heterocycles. The molecule has 0 saturated carbocycles. The van der Waals surface area contributed by atoms with Crippen molar-refractivity contribution in [3.8, 4) is 11.3 Å². The zero-order valence-electron chi connectivity index (χ0n) is 23.7. The molecule has 6 rings (SSSR count). The van der Waals surface area contributed by atoms with E-state index in [0.717, 1.165) is 36.7 Å². The van der Waals surface area contributed by atoms with Gasteiger partial charge in [-0.05, 0) is 42.7 Å². The standard InChI is InChI=1S/C31H27F3N8O3/c32-31(33,34)23-12-13-36-24(15-23)39-29(43)21-10-8-20(9-11-21)25-26-27(35)37-18-38-42(26)28(40-25)22-7-4-14-41(16-22)30(44)45-17-19-5-2-1-3-6-19/h1-3,5-6,8-13,15,18,22H,4,7,14,16-17H2,(H2,35,37,38)(H,36,39,43). The highest BCUT2D eigenvalue weighted by Crippen LogP contribution is 2.34. The van der Waals surface area contributed by atoms with Gasteiger partial charge in [-0.25, -0.2) is 24.3 Å². The van der Waals surface area contributed by atoms with Crippen LogP contribution in [0.25, 0.3) is 16.8 Å². The molecular formula is C31H27F3N8O3. The molecule has 3 N–H and O–H groups in total. The Balaban J connectivity index is 1.21. The third kappa shape index (κ3) is 6.39. The number of nitrogens with one attached hydrogen (secondary N) is 1. The van der Waals surface area contributed by atoms with Crippen LogP contribution in [0.4, 0.5) is 29.6 Å². The number of fused-ring (bicyclic) bond motifs is 1. The van der Waals surface area contributed by atoms with Gasteiger partial charge < -0.3 is 20.7 Å². The number of nitrogens with two attached hydrogens (primary N) is 1. The summed E-state index contributed by atoms with van der Waals surface area (Å²) in [6, 6.07) is 17.4. The van der Waals surface area contributed by atoms with E-state index >= 15 is 0 Å². The minimum atomic E-state index is -4.57. The number of anilines is 2. The van der Waals surface area contributed by atoms with Gasteiger partial charge in [0.25, 0.3) is 5.91 Å². The van der Waals surface area contributed by atoms with Crippen LogP contribution in [0.1, 0.15) is 46.1 Å². The van der Waals surface area contributed by atoms with Gasteiger partial charge >= 0.3 is 12.3 Å². The number of carbonyl (C=O) groups excluding carboxylic acids is 2. The lowest BCUT2D eigenvalue weighted by Gasteiger charge is -2.31. The summed E-state index contributed by atoms with van der Waals surface area (Å²) in [6.45, 7) is 1.10. The van der Waals surface area contributed by atoms with Gasteiger partial charge in [0, 0.05) is 36.3 Å². The van der Waals surface area contributed by atoms with Crippen molar-refractivity contribution in [2.75, 3.05) is 24.1 Å². The third-order valence-electron chi connectivity index (χ3n) is 7.49. The first-order valence-corrected chi connectivity index (χ1v) is 14.1. The number of benzene rings is 2. The molecule has 230 valence electrons. The van der Waals surface area contributed by atoms with E-state index in [1.165, 1.54) is 18.5 Å². The molecule has 0 spiro atoms. The van der Waals surface area contributed by atoms with Crippen LogP contribution in [-0.2, 0) is 17.5 Å². The molecule has 2 aromatic carbocycles. The largest absolute Gasteiger partial charge is 0.445 e. The van der Waals surface area contributed by atoms with Gasteiger partial charge in [-0.3, -0.25) is 4.79 Å². The van der Waals surface area contributed by atoms with E-state index in [-0.39, 0.29) is 29.7 Å². The average Bonchev–Trinajstić information content (AvgIpc) is 3.45. The van der Waals surface area contributed by atoms with E-state index in [4.69, 9.17) is 15.5 Å². The minimum Gasteiger partial charge on any atom is -0.445 e. The zero-order chi connectivity index (χ0) is 31.6. The Morgan fingerprint density at radius 2 is 1.82 bits per heavy atom. The molecule has 3 aromatic heterocycles. The van der Waals surface area contributed by atoms with Crippen molar-refractivity contribution >= 4 is 29.2 Å². The van der Waals surface area contributed by atoms with Crippen LogP contribution in [0.5, 0.6) is 0 Å².